The van der Waals surface area contributed by atoms with E-state index in [9.17, 15) is 1.37 Å². The second-order valence-corrected chi connectivity index (χ2v) is 10.5. The van der Waals surface area contributed by atoms with Gasteiger partial charge in [0, 0.05) is 22.7 Å². The molecule has 2 unspecified atom stereocenters. The van der Waals surface area contributed by atoms with E-state index < -0.39 is 12.7 Å². The number of aryl methyl sites for hydroxylation is 3. The zero-order valence-electron chi connectivity index (χ0n) is 24.3. The Morgan fingerprint density at radius 3 is 2.32 bits per heavy atom. The number of benzene rings is 3. The number of aromatic nitrogens is 1. The highest BCUT2D eigenvalue weighted by Gasteiger charge is 2.36. The van der Waals surface area contributed by atoms with Crippen molar-refractivity contribution in [1.29, 1.82) is 0 Å². The summed E-state index contributed by atoms with van der Waals surface area (Å²) in [5.41, 5.74) is 6.36. The summed E-state index contributed by atoms with van der Waals surface area (Å²) in [6, 6.07) is 23.0. The minimum atomic E-state index is -2.23. The van der Waals surface area contributed by atoms with Gasteiger partial charge in [-0.1, -0.05) is 74.2 Å². The molecule has 0 saturated heterocycles. The molecule has 2 aliphatic carbocycles. The van der Waals surface area contributed by atoms with Crippen molar-refractivity contribution in [2.24, 2.45) is 18.9 Å². The lowest BCUT2D eigenvalue weighted by molar-refractivity contribution is -0.660. The molecular weight excluding hydrogens is 410 g/mol. The SMILES string of the molecule is [2H]C([2H])([2H])c1c[n+](C)c(-c2ccccc2C)cc1-c1ccc2cc(C3([2H])CC4CCCCC4C3)ccc2c1. The molecule has 1 nitrogen and oxygen atoms in total. The molecule has 1 heteroatoms. The molecule has 0 N–H and O–H groups in total. The number of nitrogens with zero attached hydrogens (tertiary/aromatic N) is 1. The van der Waals surface area contributed by atoms with E-state index in [0.717, 1.165) is 57.1 Å². The van der Waals surface area contributed by atoms with Gasteiger partial charge in [-0.25, -0.2) is 4.57 Å². The summed E-state index contributed by atoms with van der Waals surface area (Å²) >= 11 is 0. The molecular formula is C33H36N+. The second-order valence-electron chi connectivity index (χ2n) is 10.5. The quantitative estimate of drug-likeness (QED) is 0.276. The fourth-order valence-corrected chi connectivity index (χ4v) is 6.42. The maximum absolute atomic E-state index is 9.34. The van der Waals surface area contributed by atoms with E-state index in [1.54, 1.807) is 6.20 Å². The van der Waals surface area contributed by atoms with Gasteiger partial charge in [-0.2, -0.15) is 0 Å². The number of hydrogen-bond acceptors (Lipinski definition) is 0. The minimum Gasteiger partial charge on any atom is -0.201 e. The topological polar surface area (TPSA) is 3.88 Å². The van der Waals surface area contributed by atoms with Gasteiger partial charge in [0.15, 0.2) is 6.20 Å². The summed E-state index contributed by atoms with van der Waals surface area (Å²) in [5, 5.41) is 2.19. The lowest BCUT2D eigenvalue weighted by Crippen LogP contribution is -2.31. The summed E-state index contributed by atoms with van der Waals surface area (Å²) in [5.74, 6) is 0.927. The largest absolute Gasteiger partial charge is 0.213 e. The highest BCUT2D eigenvalue weighted by atomic mass is 14.9. The molecule has 1 heterocycles. The van der Waals surface area contributed by atoms with Crippen molar-refractivity contribution in [1.82, 2.24) is 0 Å². The lowest BCUT2D eigenvalue weighted by Gasteiger charge is -2.24. The first kappa shape index (κ1) is 17.5. The van der Waals surface area contributed by atoms with Crippen LogP contribution in [0.15, 0.2) is 72.9 Å². The molecule has 34 heavy (non-hydrogen) atoms. The van der Waals surface area contributed by atoms with E-state index in [4.69, 9.17) is 4.11 Å². The molecule has 3 aromatic carbocycles. The number of hydrogen-bond donors (Lipinski definition) is 0. The lowest BCUT2D eigenvalue weighted by atomic mass is 9.82. The average Bonchev–Trinajstić information content (AvgIpc) is 3.25. The fourth-order valence-electron chi connectivity index (χ4n) is 6.42. The Balaban J connectivity index is 1.42. The molecule has 2 atom stereocenters. The van der Waals surface area contributed by atoms with Gasteiger partial charge in [0.25, 0.3) is 0 Å². The van der Waals surface area contributed by atoms with E-state index in [1.807, 2.05) is 35.9 Å². The monoisotopic (exact) mass is 450 g/mol. The van der Waals surface area contributed by atoms with Crippen LogP contribution in [0.2, 0.25) is 0 Å². The molecule has 4 aromatic rings. The second kappa shape index (κ2) is 8.69. The molecule has 6 rings (SSSR count). The number of pyridine rings is 1. The first-order valence-corrected chi connectivity index (χ1v) is 12.8. The van der Waals surface area contributed by atoms with Crippen LogP contribution in [0.25, 0.3) is 33.2 Å². The van der Waals surface area contributed by atoms with Crippen LogP contribution in [0.5, 0.6) is 0 Å². The van der Waals surface area contributed by atoms with Crippen molar-refractivity contribution in [3.63, 3.8) is 0 Å². The smallest absolute Gasteiger partial charge is 0.201 e. The van der Waals surface area contributed by atoms with Crippen LogP contribution in [0, 0.1) is 25.6 Å². The standard InChI is InChI=1S/C33H36N/c1-22-8-4-7-11-31(22)33-20-32(23(2)21-34(33)3)29-15-14-26-16-28(13-12-27(26)17-29)30-18-24-9-5-6-10-25(24)19-30/h4,7-8,11-17,20-21,24-25,30H,5-6,9-10,18-19H2,1-3H3/q+1/i2D3,30D. The van der Waals surface area contributed by atoms with Gasteiger partial charge in [-0.15, -0.1) is 0 Å². The van der Waals surface area contributed by atoms with Gasteiger partial charge in [0.05, 0.1) is 0 Å². The predicted molar refractivity (Wildman–Crippen MR) is 143 cm³/mol. The van der Waals surface area contributed by atoms with Crippen LogP contribution in [-0.4, -0.2) is 0 Å². The van der Waals surface area contributed by atoms with Crippen molar-refractivity contribution in [2.75, 3.05) is 0 Å². The fraction of sp³-hybridized carbons (Fsp3) is 0.364. The van der Waals surface area contributed by atoms with Crippen molar-refractivity contribution in [3.05, 3.63) is 89.6 Å². The summed E-state index contributed by atoms with van der Waals surface area (Å²) in [4.78, 5) is 0. The third-order valence-electron chi connectivity index (χ3n) is 8.34. The van der Waals surface area contributed by atoms with E-state index in [1.165, 1.54) is 25.7 Å². The van der Waals surface area contributed by atoms with Crippen LogP contribution in [0.4, 0.5) is 0 Å². The van der Waals surface area contributed by atoms with Gasteiger partial charge in [0.2, 0.25) is 5.69 Å². The summed E-state index contributed by atoms with van der Waals surface area (Å²) in [6.07, 6.45) is 8.93. The third-order valence-corrected chi connectivity index (χ3v) is 8.34. The van der Waals surface area contributed by atoms with Crippen LogP contribution >= 0.6 is 0 Å². The zero-order valence-corrected chi connectivity index (χ0v) is 20.3. The third kappa shape index (κ3) is 3.86. The molecule has 0 radical (unpaired) electrons. The van der Waals surface area contributed by atoms with Crippen LogP contribution in [0.1, 0.15) is 66.6 Å². The Bertz CT molecular complexity index is 1510. The van der Waals surface area contributed by atoms with Crippen molar-refractivity contribution < 1.29 is 10.1 Å². The molecule has 0 aliphatic heterocycles. The van der Waals surface area contributed by atoms with Crippen LogP contribution in [-0.2, 0) is 7.05 Å². The summed E-state index contributed by atoms with van der Waals surface area (Å²) in [7, 11) is 1.92. The predicted octanol–water partition coefficient (Wildman–Crippen LogP) is 8.30. The van der Waals surface area contributed by atoms with E-state index in [0.29, 0.717) is 17.4 Å². The van der Waals surface area contributed by atoms with Gasteiger partial charge < -0.3 is 0 Å². The van der Waals surface area contributed by atoms with Gasteiger partial charge in [-0.05, 0) is 89.5 Å². The normalized spacial score (nSPS) is 26.4. The summed E-state index contributed by atoms with van der Waals surface area (Å²) in [6.45, 7) is -0.147. The molecule has 2 fully saturated rings. The van der Waals surface area contributed by atoms with Crippen LogP contribution in [0.3, 0.4) is 0 Å². The molecule has 2 aliphatic rings. The highest BCUT2D eigenvalue weighted by molar-refractivity contribution is 5.88. The number of rotatable bonds is 3. The molecule has 0 spiro atoms. The van der Waals surface area contributed by atoms with Gasteiger partial charge in [-0.3, -0.25) is 0 Å². The Kier molecular flexibility index (Phi) is 4.47. The first-order valence-electron chi connectivity index (χ1n) is 14.8. The first-order chi connectivity index (χ1) is 18.1. The van der Waals surface area contributed by atoms with E-state index in [2.05, 4.69) is 49.4 Å². The Morgan fingerprint density at radius 2 is 1.56 bits per heavy atom. The highest BCUT2D eigenvalue weighted by Crippen LogP contribution is 2.49. The van der Waals surface area contributed by atoms with E-state index >= 15 is 0 Å². The van der Waals surface area contributed by atoms with Crippen LogP contribution < -0.4 is 4.57 Å². The molecule has 2 saturated carbocycles. The minimum absolute atomic E-state index is 0.354. The molecule has 0 bridgehead atoms. The maximum Gasteiger partial charge on any atom is 0.213 e. The van der Waals surface area contributed by atoms with Crippen molar-refractivity contribution >= 4 is 10.8 Å². The molecule has 1 aromatic heterocycles. The zero-order chi connectivity index (χ0) is 26.7. The van der Waals surface area contributed by atoms with E-state index in [-0.39, 0.29) is 0 Å². The maximum atomic E-state index is 9.34. The Labute approximate surface area is 210 Å². The molecule has 172 valence electrons. The Hall–Kier alpha value is -2.93. The average molecular weight is 451 g/mol. The van der Waals surface area contributed by atoms with Crippen molar-refractivity contribution in [3.8, 4) is 22.4 Å². The number of fused-ring (bicyclic) bond motifs is 2. The molecule has 0 amide bonds. The van der Waals surface area contributed by atoms with Gasteiger partial charge in [0.1, 0.15) is 7.05 Å². The summed E-state index contributed by atoms with van der Waals surface area (Å²) < 4.78 is 36.0. The van der Waals surface area contributed by atoms with Crippen molar-refractivity contribution in [2.45, 2.75) is 58.2 Å². The Morgan fingerprint density at radius 1 is 0.824 bits per heavy atom. The van der Waals surface area contributed by atoms with Gasteiger partial charge >= 0.3 is 0 Å².